The van der Waals surface area contributed by atoms with E-state index in [1.807, 2.05) is 0 Å². The maximum atomic E-state index is 10.8. The number of nitrogens with one attached hydrogen (secondary N) is 1. The van der Waals surface area contributed by atoms with E-state index in [4.69, 9.17) is 19.0 Å². The molecule has 0 fully saturated rings. The summed E-state index contributed by atoms with van der Waals surface area (Å²) in [6, 6.07) is 0.215. The van der Waals surface area contributed by atoms with Gasteiger partial charge in [-0.1, -0.05) is 40.0 Å². The summed E-state index contributed by atoms with van der Waals surface area (Å²) < 4.78 is 18.4. The van der Waals surface area contributed by atoms with Crippen LogP contribution in [0.1, 0.15) is 65.7 Å². The second-order valence-corrected chi connectivity index (χ2v) is 8.42. The molecule has 23 heavy (non-hydrogen) atoms. The van der Waals surface area contributed by atoms with Crippen molar-refractivity contribution >= 4 is 14.8 Å². The summed E-state index contributed by atoms with van der Waals surface area (Å²) in [5, 5.41) is 2.61. The molecule has 0 aromatic carbocycles. The molecular weight excluding hydrogens is 312 g/mol. The van der Waals surface area contributed by atoms with Gasteiger partial charge in [-0.3, -0.25) is 0 Å². The zero-order valence-corrected chi connectivity index (χ0v) is 16.2. The average molecular weight is 349 g/mol. The molecular formula is C16H36N2O4Si. The predicted molar refractivity (Wildman–Crippen MR) is 95.3 cm³/mol. The molecule has 0 aliphatic carbocycles. The van der Waals surface area contributed by atoms with Gasteiger partial charge in [-0.05, 0) is 25.7 Å². The Hall–Kier alpha value is -0.633. The van der Waals surface area contributed by atoms with E-state index in [-0.39, 0.29) is 0 Å². The van der Waals surface area contributed by atoms with E-state index in [1.165, 1.54) is 0 Å². The van der Waals surface area contributed by atoms with E-state index in [0.717, 1.165) is 44.9 Å². The molecule has 0 rings (SSSR count). The molecule has 0 aromatic rings. The molecule has 3 N–H and O–H groups in total. The van der Waals surface area contributed by atoms with Crippen LogP contribution in [0.2, 0.25) is 6.04 Å². The van der Waals surface area contributed by atoms with Crippen molar-refractivity contribution in [3.63, 3.8) is 0 Å². The first-order chi connectivity index (χ1) is 11.1. The maximum absolute atomic E-state index is 10.8. The van der Waals surface area contributed by atoms with Gasteiger partial charge in [0.15, 0.2) is 0 Å². The van der Waals surface area contributed by atoms with E-state index in [9.17, 15) is 4.79 Å². The van der Waals surface area contributed by atoms with Gasteiger partial charge in [-0.2, -0.15) is 0 Å². The lowest BCUT2D eigenvalue weighted by atomic mass is 10.4. The summed E-state index contributed by atoms with van der Waals surface area (Å²) in [6.07, 6.45) is 7.00. The van der Waals surface area contributed by atoms with Gasteiger partial charge < -0.3 is 24.3 Å². The molecule has 0 spiro atoms. The van der Waals surface area contributed by atoms with Gasteiger partial charge in [-0.25, -0.2) is 4.79 Å². The van der Waals surface area contributed by atoms with Crippen molar-refractivity contribution in [2.24, 2.45) is 5.73 Å². The lowest BCUT2D eigenvalue weighted by Crippen LogP contribution is -2.47. The second-order valence-electron chi connectivity index (χ2n) is 5.68. The number of amides is 2. The second kappa shape index (κ2) is 14.9. The minimum Gasteiger partial charge on any atom is -0.373 e. The van der Waals surface area contributed by atoms with Crippen LogP contribution in [-0.2, 0) is 13.3 Å². The fourth-order valence-corrected chi connectivity index (χ4v) is 4.63. The Morgan fingerprint density at radius 1 is 0.870 bits per heavy atom. The van der Waals surface area contributed by atoms with Crippen LogP contribution >= 0.6 is 0 Å². The van der Waals surface area contributed by atoms with Gasteiger partial charge >= 0.3 is 14.8 Å². The van der Waals surface area contributed by atoms with Crippen molar-refractivity contribution in [1.82, 2.24) is 5.32 Å². The number of carbonyl (C=O) groups excluding carboxylic acids is 1. The molecule has 0 aliphatic rings. The van der Waals surface area contributed by atoms with Crippen LogP contribution in [0.25, 0.3) is 0 Å². The van der Waals surface area contributed by atoms with Crippen LogP contribution in [0, 0.1) is 0 Å². The first kappa shape index (κ1) is 22.4. The Bertz CT molecular complexity index is 267. The van der Waals surface area contributed by atoms with Crippen LogP contribution in [0.3, 0.4) is 0 Å². The quantitative estimate of drug-likeness (QED) is 0.331. The molecule has 0 atom stereocenters. The topological polar surface area (TPSA) is 82.8 Å². The Morgan fingerprint density at radius 3 is 1.65 bits per heavy atom. The highest BCUT2D eigenvalue weighted by Crippen LogP contribution is 2.20. The van der Waals surface area contributed by atoms with Crippen LogP contribution in [-0.4, -0.2) is 41.2 Å². The van der Waals surface area contributed by atoms with Crippen molar-refractivity contribution in [1.29, 1.82) is 0 Å². The summed E-state index contributed by atoms with van der Waals surface area (Å²) in [5.41, 5.74) is 5.10. The standard InChI is InChI=1S/C16H36N2O4Si/c1-4-7-12-20-23(21-13-8-5-2,22-14-9-6-3)15-10-11-18-16(17)19/h4-15H2,1-3H3,(H3,17,18,19). The number of hydrogen-bond acceptors (Lipinski definition) is 4. The summed E-state index contributed by atoms with van der Waals surface area (Å²) in [5.74, 6) is 0. The van der Waals surface area contributed by atoms with Crippen LogP contribution in [0.5, 0.6) is 0 Å². The lowest BCUT2D eigenvalue weighted by molar-refractivity contribution is 0.0558. The number of carbonyl (C=O) groups is 1. The van der Waals surface area contributed by atoms with Gasteiger partial charge in [-0.15, -0.1) is 0 Å². The number of hydrogen-bond donors (Lipinski definition) is 2. The van der Waals surface area contributed by atoms with Crippen molar-refractivity contribution in [3.05, 3.63) is 0 Å². The molecule has 0 aliphatic heterocycles. The van der Waals surface area contributed by atoms with E-state index in [0.29, 0.717) is 32.4 Å². The highest BCUT2D eigenvalue weighted by molar-refractivity contribution is 6.60. The van der Waals surface area contributed by atoms with Crippen LogP contribution < -0.4 is 11.1 Å². The van der Waals surface area contributed by atoms with Crippen molar-refractivity contribution in [2.45, 2.75) is 71.8 Å². The summed E-state index contributed by atoms with van der Waals surface area (Å²) in [6.45, 7) is 8.95. The normalized spacial score (nSPS) is 11.6. The van der Waals surface area contributed by atoms with Crippen LogP contribution in [0.4, 0.5) is 4.79 Å². The van der Waals surface area contributed by atoms with Crippen molar-refractivity contribution in [2.75, 3.05) is 26.4 Å². The number of primary amides is 1. The summed E-state index contributed by atoms with van der Waals surface area (Å²) in [7, 11) is -2.67. The molecule has 0 aromatic heterocycles. The first-order valence-corrected chi connectivity index (χ1v) is 11.0. The van der Waals surface area contributed by atoms with Gasteiger partial charge in [0.25, 0.3) is 0 Å². The number of nitrogens with two attached hydrogens (primary N) is 1. The number of unbranched alkanes of at least 4 members (excludes halogenated alkanes) is 3. The minimum atomic E-state index is -2.67. The monoisotopic (exact) mass is 348 g/mol. The molecule has 138 valence electrons. The predicted octanol–water partition coefficient (Wildman–Crippen LogP) is 3.43. The van der Waals surface area contributed by atoms with E-state index in [2.05, 4.69) is 26.1 Å². The molecule has 0 unspecified atom stereocenters. The Balaban J connectivity index is 4.61. The van der Waals surface area contributed by atoms with Gasteiger partial charge in [0, 0.05) is 32.4 Å². The summed E-state index contributed by atoms with van der Waals surface area (Å²) in [4.78, 5) is 10.8. The Morgan fingerprint density at radius 2 is 1.30 bits per heavy atom. The first-order valence-electron chi connectivity index (χ1n) is 9.05. The molecule has 7 heteroatoms. The number of urea groups is 1. The smallest absolute Gasteiger partial charge is 0.373 e. The largest absolute Gasteiger partial charge is 0.501 e. The molecule has 0 radical (unpaired) electrons. The lowest BCUT2D eigenvalue weighted by Gasteiger charge is -2.30. The third-order valence-electron chi connectivity index (χ3n) is 3.42. The van der Waals surface area contributed by atoms with Gasteiger partial charge in [0.1, 0.15) is 0 Å². The SMILES string of the molecule is CCCCO[Si](CCCNC(N)=O)(OCCCC)OCCCC. The van der Waals surface area contributed by atoms with Gasteiger partial charge in [0.2, 0.25) is 0 Å². The van der Waals surface area contributed by atoms with Gasteiger partial charge in [0.05, 0.1) is 0 Å². The molecule has 0 heterocycles. The zero-order valence-electron chi connectivity index (χ0n) is 15.2. The third kappa shape index (κ3) is 12.5. The molecule has 6 nitrogen and oxygen atoms in total. The van der Waals surface area contributed by atoms with Crippen molar-refractivity contribution in [3.8, 4) is 0 Å². The zero-order chi connectivity index (χ0) is 17.4. The minimum absolute atomic E-state index is 0.497. The fraction of sp³-hybridized carbons (Fsp3) is 0.938. The highest BCUT2D eigenvalue weighted by Gasteiger charge is 2.40. The fourth-order valence-electron chi connectivity index (χ4n) is 1.97. The molecule has 0 saturated carbocycles. The maximum Gasteiger partial charge on any atom is 0.501 e. The average Bonchev–Trinajstić information content (AvgIpc) is 2.52. The van der Waals surface area contributed by atoms with E-state index < -0.39 is 14.8 Å². The molecule has 0 saturated heterocycles. The summed E-state index contributed by atoms with van der Waals surface area (Å²) >= 11 is 0. The Labute approximate surface area is 142 Å². The Kier molecular flexibility index (Phi) is 14.5. The highest BCUT2D eigenvalue weighted by atomic mass is 28.4. The number of rotatable bonds is 16. The molecule has 2 amide bonds. The van der Waals surface area contributed by atoms with E-state index >= 15 is 0 Å². The van der Waals surface area contributed by atoms with E-state index in [1.54, 1.807) is 0 Å². The molecule has 0 bridgehead atoms. The van der Waals surface area contributed by atoms with Crippen LogP contribution in [0.15, 0.2) is 0 Å². The van der Waals surface area contributed by atoms with Crippen molar-refractivity contribution < 1.29 is 18.1 Å². The third-order valence-corrected chi connectivity index (χ3v) is 6.32.